The molecule has 0 saturated carbocycles. The maximum absolute atomic E-state index is 5.38. The zero-order valence-corrected chi connectivity index (χ0v) is 13.4. The first-order valence-corrected chi connectivity index (χ1v) is 7.66. The molecular formula is C13H25N5OS. The Hall–Kier alpha value is -0.760. The summed E-state index contributed by atoms with van der Waals surface area (Å²) in [5.41, 5.74) is 0. The van der Waals surface area contributed by atoms with Gasteiger partial charge >= 0.3 is 0 Å². The Balaban J connectivity index is 2.06. The van der Waals surface area contributed by atoms with Crippen molar-refractivity contribution < 1.29 is 4.74 Å². The highest BCUT2D eigenvalue weighted by Gasteiger charge is 2.19. The predicted molar refractivity (Wildman–Crippen MR) is 81.4 cm³/mol. The Morgan fingerprint density at radius 3 is 2.65 bits per heavy atom. The summed E-state index contributed by atoms with van der Waals surface area (Å²) in [6.45, 7) is 7.73. The number of nitrogens with zero attached hydrogens (tertiary/aromatic N) is 4. The summed E-state index contributed by atoms with van der Waals surface area (Å²) in [6, 6.07) is 0.299. The maximum atomic E-state index is 5.38. The van der Waals surface area contributed by atoms with Crippen molar-refractivity contribution in [3.63, 3.8) is 0 Å². The fourth-order valence-electron chi connectivity index (χ4n) is 2.65. The van der Waals surface area contributed by atoms with Gasteiger partial charge in [0.2, 0.25) is 0 Å². The summed E-state index contributed by atoms with van der Waals surface area (Å²) >= 11 is 5.38. The van der Waals surface area contributed by atoms with Crippen molar-refractivity contribution in [3.8, 4) is 0 Å². The Morgan fingerprint density at radius 1 is 1.35 bits per heavy atom. The minimum absolute atomic E-state index is 0.299. The van der Waals surface area contributed by atoms with Crippen molar-refractivity contribution in [2.24, 2.45) is 0 Å². The first kappa shape index (κ1) is 15.6. The van der Waals surface area contributed by atoms with Gasteiger partial charge in [-0.3, -0.25) is 14.9 Å². The maximum Gasteiger partial charge on any atom is 0.195 e. The van der Waals surface area contributed by atoms with Crippen LogP contribution in [0.3, 0.4) is 0 Å². The van der Waals surface area contributed by atoms with Gasteiger partial charge in [0.25, 0.3) is 0 Å². The van der Waals surface area contributed by atoms with E-state index in [9.17, 15) is 0 Å². The van der Waals surface area contributed by atoms with Gasteiger partial charge in [-0.25, -0.2) is 0 Å². The third-order valence-corrected chi connectivity index (χ3v) is 4.15. The van der Waals surface area contributed by atoms with Gasteiger partial charge in [0.05, 0.1) is 19.3 Å². The number of H-pyrrole nitrogens is 1. The van der Waals surface area contributed by atoms with Crippen LogP contribution in [0, 0.1) is 4.77 Å². The molecule has 114 valence electrons. The molecule has 1 atom stereocenters. The quantitative estimate of drug-likeness (QED) is 0.802. The molecule has 1 aliphatic heterocycles. The highest BCUT2D eigenvalue weighted by molar-refractivity contribution is 7.71. The number of aromatic amines is 1. The molecule has 1 unspecified atom stereocenters. The predicted octanol–water partition coefficient (Wildman–Crippen LogP) is 1.29. The number of morpholine rings is 1. The molecule has 1 aromatic rings. The third kappa shape index (κ3) is 3.66. The van der Waals surface area contributed by atoms with Crippen LogP contribution in [0.5, 0.6) is 0 Å². The fourth-order valence-corrected chi connectivity index (χ4v) is 2.88. The first-order chi connectivity index (χ1) is 9.63. The zero-order valence-electron chi connectivity index (χ0n) is 12.6. The van der Waals surface area contributed by atoms with Crippen molar-refractivity contribution in [1.29, 1.82) is 0 Å². The van der Waals surface area contributed by atoms with Gasteiger partial charge in [0, 0.05) is 26.2 Å². The van der Waals surface area contributed by atoms with E-state index in [1.165, 1.54) is 0 Å². The lowest BCUT2D eigenvalue weighted by Crippen LogP contribution is -2.38. The van der Waals surface area contributed by atoms with Crippen molar-refractivity contribution in [1.82, 2.24) is 24.6 Å². The highest BCUT2D eigenvalue weighted by atomic mass is 32.1. The Kier molecular flexibility index (Phi) is 5.71. The van der Waals surface area contributed by atoms with Crippen LogP contribution in [-0.2, 0) is 11.3 Å². The summed E-state index contributed by atoms with van der Waals surface area (Å²) < 4.78 is 8.23. The molecule has 2 rings (SSSR count). The van der Waals surface area contributed by atoms with E-state index >= 15 is 0 Å². The molecule has 7 heteroatoms. The second kappa shape index (κ2) is 7.31. The van der Waals surface area contributed by atoms with E-state index in [2.05, 4.69) is 45.6 Å². The SMILES string of the molecule is CCC(c1n[nH]c(=S)n1CCN1CCOCC1)N(C)C. The van der Waals surface area contributed by atoms with E-state index in [1.54, 1.807) is 0 Å². The van der Waals surface area contributed by atoms with Gasteiger partial charge < -0.3 is 9.30 Å². The molecule has 0 bridgehead atoms. The van der Waals surface area contributed by atoms with Crippen molar-refractivity contribution in [2.45, 2.75) is 25.9 Å². The normalized spacial score (nSPS) is 18.6. The molecule has 0 aliphatic carbocycles. The molecule has 2 heterocycles. The second-order valence-electron chi connectivity index (χ2n) is 5.38. The van der Waals surface area contributed by atoms with Crippen LogP contribution in [0.15, 0.2) is 0 Å². The largest absolute Gasteiger partial charge is 0.379 e. The lowest BCUT2D eigenvalue weighted by atomic mass is 10.2. The first-order valence-electron chi connectivity index (χ1n) is 7.25. The number of aromatic nitrogens is 3. The van der Waals surface area contributed by atoms with E-state index in [0.29, 0.717) is 10.8 Å². The average Bonchev–Trinajstić information content (AvgIpc) is 2.79. The number of hydrogen-bond acceptors (Lipinski definition) is 5. The minimum Gasteiger partial charge on any atom is -0.379 e. The second-order valence-corrected chi connectivity index (χ2v) is 5.77. The molecule has 1 N–H and O–H groups in total. The summed E-state index contributed by atoms with van der Waals surface area (Å²) in [5, 5.41) is 7.37. The molecule has 1 saturated heterocycles. The van der Waals surface area contributed by atoms with Crippen LogP contribution in [0.25, 0.3) is 0 Å². The van der Waals surface area contributed by atoms with Crippen LogP contribution >= 0.6 is 12.2 Å². The topological polar surface area (TPSA) is 49.3 Å². The standard InChI is InChI=1S/C13H25N5OS/c1-4-11(16(2)3)12-14-15-13(20)18(12)6-5-17-7-9-19-10-8-17/h11H,4-10H2,1-3H3,(H,15,20). The molecule has 1 fully saturated rings. The van der Waals surface area contributed by atoms with E-state index < -0.39 is 0 Å². The lowest BCUT2D eigenvalue weighted by molar-refractivity contribution is 0.0361. The van der Waals surface area contributed by atoms with Crippen molar-refractivity contribution in [2.75, 3.05) is 46.9 Å². The molecule has 0 radical (unpaired) electrons. The molecule has 6 nitrogen and oxygen atoms in total. The number of rotatable bonds is 6. The van der Waals surface area contributed by atoms with Gasteiger partial charge in [0.1, 0.15) is 5.82 Å². The Morgan fingerprint density at radius 2 is 2.05 bits per heavy atom. The molecule has 0 aromatic carbocycles. The van der Waals surface area contributed by atoms with E-state index in [1.807, 2.05) is 0 Å². The van der Waals surface area contributed by atoms with Crippen molar-refractivity contribution >= 4 is 12.2 Å². The summed E-state index contributed by atoms with van der Waals surface area (Å²) in [6.07, 6.45) is 1.02. The monoisotopic (exact) mass is 299 g/mol. The summed E-state index contributed by atoms with van der Waals surface area (Å²) in [5.74, 6) is 1.04. The Labute approximate surface area is 125 Å². The van der Waals surface area contributed by atoms with E-state index in [-0.39, 0.29) is 0 Å². The summed E-state index contributed by atoms with van der Waals surface area (Å²) in [7, 11) is 4.16. The molecule has 0 spiro atoms. The van der Waals surface area contributed by atoms with Gasteiger partial charge in [-0.15, -0.1) is 0 Å². The average molecular weight is 299 g/mol. The zero-order chi connectivity index (χ0) is 14.5. The van der Waals surface area contributed by atoms with Gasteiger partial charge in [-0.05, 0) is 32.7 Å². The fraction of sp³-hybridized carbons (Fsp3) is 0.846. The molecule has 1 aliphatic rings. The number of nitrogens with one attached hydrogen (secondary N) is 1. The van der Waals surface area contributed by atoms with Crippen LogP contribution in [-0.4, -0.2) is 71.5 Å². The smallest absolute Gasteiger partial charge is 0.195 e. The van der Waals surface area contributed by atoms with Crippen LogP contribution in [0.2, 0.25) is 0 Å². The summed E-state index contributed by atoms with van der Waals surface area (Å²) in [4.78, 5) is 4.61. The number of ether oxygens (including phenoxy) is 1. The van der Waals surface area contributed by atoms with E-state index in [4.69, 9.17) is 17.0 Å². The third-order valence-electron chi connectivity index (χ3n) is 3.84. The highest BCUT2D eigenvalue weighted by Crippen LogP contribution is 2.19. The van der Waals surface area contributed by atoms with Crippen molar-refractivity contribution in [3.05, 3.63) is 10.6 Å². The minimum atomic E-state index is 0.299. The van der Waals surface area contributed by atoms with Crippen LogP contribution in [0.4, 0.5) is 0 Å². The number of hydrogen-bond donors (Lipinski definition) is 1. The van der Waals surface area contributed by atoms with Gasteiger partial charge in [-0.2, -0.15) is 5.10 Å². The van der Waals surface area contributed by atoms with Gasteiger partial charge in [-0.1, -0.05) is 6.92 Å². The van der Waals surface area contributed by atoms with Crippen LogP contribution in [0.1, 0.15) is 25.2 Å². The molecular weight excluding hydrogens is 274 g/mol. The lowest BCUT2D eigenvalue weighted by Gasteiger charge is -2.27. The Bertz CT molecular complexity index is 464. The van der Waals surface area contributed by atoms with E-state index in [0.717, 1.165) is 51.6 Å². The van der Waals surface area contributed by atoms with Crippen LogP contribution < -0.4 is 0 Å². The molecule has 1 aromatic heterocycles. The van der Waals surface area contributed by atoms with Gasteiger partial charge in [0.15, 0.2) is 4.77 Å². The molecule has 20 heavy (non-hydrogen) atoms. The molecule has 0 amide bonds.